The maximum atomic E-state index is 9.44. The molecule has 18 heavy (non-hydrogen) atoms. The molecular weight excluding hydrogens is 362 g/mol. The molecular formula is C13H19Br2NO2. The van der Waals surface area contributed by atoms with Crippen molar-refractivity contribution in [3.05, 3.63) is 32.7 Å². The number of nitrogens with one attached hydrogen (secondary N) is 1. The Labute approximate surface area is 125 Å². The molecule has 0 aliphatic heterocycles. The summed E-state index contributed by atoms with van der Waals surface area (Å²) in [6, 6.07) is 6.01. The highest BCUT2D eigenvalue weighted by Gasteiger charge is 2.28. The van der Waals surface area contributed by atoms with E-state index in [-0.39, 0.29) is 19.3 Å². The average molecular weight is 381 g/mol. The Balaban J connectivity index is 2.90. The molecule has 0 spiro atoms. The van der Waals surface area contributed by atoms with Crippen LogP contribution in [0, 0.1) is 0 Å². The molecule has 0 heterocycles. The van der Waals surface area contributed by atoms with Crippen molar-refractivity contribution in [1.82, 2.24) is 5.32 Å². The van der Waals surface area contributed by atoms with Gasteiger partial charge in [0, 0.05) is 15.0 Å². The van der Waals surface area contributed by atoms with E-state index in [2.05, 4.69) is 37.2 Å². The van der Waals surface area contributed by atoms with Crippen molar-refractivity contribution in [1.29, 1.82) is 0 Å². The second-order valence-corrected chi connectivity index (χ2v) is 6.25. The molecule has 0 aliphatic rings. The number of hydrogen-bond acceptors (Lipinski definition) is 3. The molecule has 0 saturated carbocycles. The zero-order chi connectivity index (χ0) is 13.8. The minimum Gasteiger partial charge on any atom is -0.394 e. The fourth-order valence-corrected chi connectivity index (χ4v) is 3.25. The standard InChI is InChI=1S/C13H19Br2NO2/c1-3-13(7-17,8-18)16-9(2)11-5-4-10(14)6-12(11)15/h4-6,9,16-18H,3,7-8H2,1-2H3. The number of halogens is 2. The summed E-state index contributed by atoms with van der Waals surface area (Å²) < 4.78 is 2.01. The van der Waals surface area contributed by atoms with E-state index in [1.54, 1.807) is 0 Å². The van der Waals surface area contributed by atoms with E-state index in [0.717, 1.165) is 14.5 Å². The van der Waals surface area contributed by atoms with Gasteiger partial charge in [0.05, 0.1) is 18.8 Å². The Morgan fingerprint density at radius 3 is 2.33 bits per heavy atom. The minimum atomic E-state index is -0.633. The minimum absolute atomic E-state index is 0.0340. The van der Waals surface area contributed by atoms with Crippen LogP contribution < -0.4 is 5.32 Å². The van der Waals surface area contributed by atoms with Gasteiger partial charge in [0.15, 0.2) is 0 Å². The van der Waals surface area contributed by atoms with Crippen LogP contribution in [-0.2, 0) is 0 Å². The van der Waals surface area contributed by atoms with Crippen LogP contribution in [0.2, 0.25) is 0 Å². The van der Waals surface area contributed by atoms with E-state index in [1.807, 2.05) is 32.0 Å². The maximum absolute atomic E-state index is 9.44. The fourth-order valence-electron chi connectivity index (χ4n) is 1.86. The Morgan fingerprint density at radius 2 is 1.89 bits per heavy atom. The Bertz CT molecular complexity index is 386. The summed E-state index contributed by atoms with van der Waals surface area (Å²) in [6.45, 7) is 3.80. The molecule has 0 aliphatic carbocycles. The average Bonchev–Trinajstić information content (AvgIpc) is 2.36. The third-order valence-electron chi connectivity index (χ3n) is 3.23. The van der Waals surface area contributed by atoms with Gasteiger partial charge in [-0.05, 0) is 31.0 Å². The fraction of sp³-hybridized carbons (Fsp3) is 0.538. The van der Waals surface area contributed by atoms with E-state index < -0.39 is 5.54 Å². The smallest absolute Gasteiger partial charge is 0.0650 e. The van der Waals surface area contributed by atoms with Crippen molar-refractivity contribution in [2.75, 3.05) is 13.2 Å². The lowest BCUT2D eigenvalue weighted by atomic mass is 9.95. The van der Waals surface area contributed by atoms with Crippen molar-refractivity contribution in [2.45, 2.75) is 31.8 Å². The first-order valence-electron chi connectivity index (χ1n) is 5.92. The second kappa shape index (κ2) is 7.01. The molecule has 1 aromatic rings. The van der Waals surface area contributed by atoms with Gasteiger partial charge in [0.2, 0.25) is 0 Å². The molecule has 0 aromatic heterocycles. The molecule has 1 aromatic carbocycles. The quantitative estimate of drug-likeness (QED) is 0.711. The third-order valence-corrected chi connectivity index (χ3v) is 4.41. The normalized spacial score (nSPS) is 13.7. The number of aliphatic hydroxyl groups is 2. The van der Waals surface area contributed by atoms with Crippen LogP contribution in [0.5, 0.6) is 0 Å². The summed E-state index contributed by atoms with van der Waals surface area (Å²) in [5.74, 6) is 0. The summed E-state index contributed by atoms with van der Waals surface area (Å²) in [5, 5.41) is 22.2. The van der Waals surface area contributed by atoms with E-state index in [1.165, 1.54) is 0 Å². The molecule has 0 radical (unpaired) electrons. The Kier molecular flexibility index (Phi) is 6.27. The topological polar surface area (TPSA) is 52.5 Å². The van der Waals surface area contributed by atoms with Gasteiger partial charge in [-0.25, -0.2) is 0 Å². The van der Waals surface area contributed by atoms with E-state index in [4.69, 9.17) is 0 Å². The predicted molar refractivity (Wildman–Crippen MR) is 80.6 cm³/mol. The molecule has 0 amide bonds. The highest BCUT2D eigenvalue weighted by atomic mass is 79.9. The lowest BCUT2D eigenvalue weighted by Gasteiger charge is -2.33. The first-order chi connectivity index (χ1) is 8.48. The van der Waals surface area contributed by atoms with Crippen LogP contribution >= 0.6 is 31.9 Å². The van der Waals surface area contributed by atoms with Gasteiger partial charge in [-0.15, -0.1) is 0 Å². The van der Waals surface area contributed by atoms with Crippen LogP contribution in [0.25, 0.3) is 0 Å². The summed E-state index contributed by atoms with van der Waals surface area (Å²) in [5.41, 5.74) is 0.462. The molecule has 0 saturated heterocycles. The monoisotopic (exact) mass is 379 g/mol. The van der Waals surface area contributed by atoms with Crippen molar-refractivity contribution < 1.29 is 10.2 Å². The van der Waals surface area contributed by atoms with Crippen molar-refractivity contribution in [2.24, 2.45) is 0 Å². The van der Waals surface area contributed by atoms with E-state index in [0.29, 0.717) is 6.42 Å². The van der Waals surface area contributed by atoms with Gasteiger partial charge in [-0.1, -0.05) is 44.8 Å². The number of benzene rings is 1. The van der Waals surface area contributed by atoms with E-state index in [9.17, 15) is 10.2 Å². The summed E-state index contributed by atoms with van der Waals surface area (Å²) in [6.07, 6.45) is 0.665. The molecule has 1 unspecified atom stereocenters. The number of hydrogen-bond donors (Lipinski definition) is 3. The van der Waals surface area contributed by atoms with Crippen LogP contribution in [-0.4, -0.2) is 29.0 Å². The summed E-state index contributed by atoms with van der Waals surface area (Å²) in [7, 11) is 0. The van der Waals surface area contributed by atoms with Crippen LogP contribution in [0.15, 0.2) is 27.1 Å². The van der Waals surface area contributed by atoms with Gasteiger partial charge >= 0.3 is 0 Å². The van der Waals surface area contributed by atoms with Crippen molar-refractivity contribution >= 4 is 31.9 Å². The summed E-state index contributed by atoms with van der Waals surface area (Å²) >= 11 is 6.94. The van der Waals surface area contributed by atoms with Crippen molar-refractivity contribution in [3.63, 3.8) is 0 Å². The van der Waals surface area contributed by atoms with Gasteiger partial charge < -0.3 is 15.5 Å². The third kappa shape index (κ3) is 3.78. The number of aliphatic hydroxyl groups excluding tert-OH is 2. The van der Waals surface area contributed by atoms with E-state index >= 15 is 0 Å². The predicted octanol–water partition coefficient (Wildman–Crippen LogP) is 3.00. The van der Waals surface area contributed by atoms with Gasteiger partial charge in [0.25, 0.3) is 0 Å². The largest absolute Gasteiger partial charge is 0.394 e. The zero-order valence-electron chi connectivity index (χ0n) is 10.6. The lowest BCUT2D eigenvalue weighted by molar-refractivity contribution is 0.0792. The Morgan fingerprint density at radius 1 is 1.28 bits per heavy atom. The summed E-state index contributed by atoms with van der Waals surface area (Å²) in [4.78, 5) is 0. The SMILES string of the molecule is CCC(CO)(CO)NC(C)c1ccc(Br)cc1Br. The van der Waals surface area contributed by atoms with Gasteiger partial charge in [-0.3, -0.25) is 0 Å². The molecule has 5 heteroatoms. The highest BCUT2D eigenvalue weighted by Crippen LogP contribution is 2.28. The first kappa shape index (κ1) is 16.1. The molecule has 0 bridgehead atoms. The maximum Gasteiger partial charge on any atom is 0.0650 e. The second-order valence-electron chi connectivity index (χ2n) is 4.48. The van der Waals surface area contributed by atoms with Crippen LogP contribution in [0.1, 0.15) is 31.9 Å². The first-order valence-corrected chi connectivity index (χ1v) is 7.51. The Hall–Kier alpha value is 0.0600. The zero-order valence-corrected chi connectivity index (χ0v) is 13.8. The number of rotatable bonds is 6. The van der Waals surface area contributed by atoms with Crippen LogP contribution in [0.4, 0.5) is 0 Å². The molecule has 3 nitrogen and oxygen atoms in total. The van der Waals surface area contributed by atoms with Gasteiger partial charge in [-0.2, -0.15) is 0 Å². The highest BCUT2D eigenvalue weighted by molar-refractivity contribution is 9.11. The molecule has 102 valence electrons. The molecule has 1 rings (SSSR count). The molecule has 0 fully saturated rings. The molecule has 3 N–H and O–H groups in total. The lowest BCUT2D eigenvalue weighted by Crippen LogP contribution is -2.52. The van der Waals surface area contributed by atoms with Crippen LogP contribution in [0.3, 0.4) is 0 Å². The van der Waals surface area contributed by atoms with Gasteiger partial charge in [0.1, 0.15) is 0 Å². The molecule has 1 atom stereocenters. The van der Waals surface area contributed by atoms with Crippen molar-refractivity contribution in [3.8, 4) is 0 Å².